The van der Waals surface area contributed by atoms with E-state index in [2.05, 4.69) is 20.4 Å². The Bertz CT molecular complexity index is 116. The molecule has 0 saturated heterocycles. The van der Waals surface area contributed by atoms with Gasteiger partial charge in [0.15, 0.2) is 0 Å². The Hall–Kier alpha value is -0.460. The predicted octanol–water partition coefficient (Wildman–Crippen LogP) is 3.52. The van der Waals surface area contributed by atoms with Crippen LogP contribution in [0.5, 0.6) is 0 Å². The molecule has 0 heterocycles. The van der Waals surface area contributed by atoms with Gasteiger partial charge in [-0.2, -0.15) is 0 Å². The highest BCUT2D eigenvalue weighted by Crippen LogP contribution is 2.15. The number of aliphatic hydroxyl groups excluding tert-OH is 1. The Morgan fingerprint density at radius 1 is 1.27 bits per heavy atom. The molecule has 66 valence electrons. The highest BCUT2D eigenvalue weighted by atomic mass is 16.3. The molecule has 0 aliphatic rings. The van der Waals surface area contributed by atoms with Crippen molar-refractivity contribution in [3.8, 4) is 0 Å². The van der Waals surface area contributed by atoms with Crippen LogP contribution in [-0.4, -0.2) is 5.11 Å². The second-order valence-electron chi connectivity index (χ2n) is 3.72. The standard InChI is InChI=1S/C10H20O/c1-8(2)6-5-7-9(3)10(4)11/h8-9,11H,4-7H2,1-3H3. The molecule has 0 bridgehead atoms. The van der Waals surface area contributed by atoms with Crippen molar-refractivity contribution in [3.63, 3.8) is 0 Å². The zero-order chi connectivity index (χ0) is 8.85. The van der Waals surface area contributed by atoms with Crippen LogP contribution in [0.3, 0.4) is 0 Å². The Labute approximate surface area is 70.1 Å². The summed E-state index contributed by atoms with van der Waals surface area (Å²) in [5.74, 6) is 1.37. The van der Waals surface area contributed by atoms with E-state index in [1.54, 1.807) is 0 Å². The lowest BCUT2D eigenvalue weighted by atomic mass is 9.99. The van der Waals surface area contributed by atoms with Crippen molar-refractivity contribution in [2.45, 2.75) is 40.0 Å². The summed E-state index contributed by atoms with van der Waals surface area (Å²) >= 11 is 0. The normalized spacial score (nSPS) is 13.5. The van der Waals surface area contributed by atoms with E-state index < -0.39 is 0 Å². The Kier molecular flexibility index (Phi) is 5.01. The lowest BCUT2D eigenvalue weighted by Crippen LogP contribution is -1.98. The maximum atomic E-state index is 8.99. The third-order valence-corrected chi connectivity index (χ3v) is 1.99. The quantitative estimate of drug-likeness (QED) is 0.604. The van der Waals surface area contributed by atoms with Gasteiger partial charge in [0.05, 0.1) is 5.76 Å². The van der Waals surface area contributed by atoms with Crippen molar-refractivity contribution in [3.05, 3.63) is 12.3 Å². The molecule has 1 N–H and O–H groups in total. The zero-order valence-corrected chi connectivity index (χ0v) is 7.93. The molecule has 0 spiro atoms. The summed E-state index contributed by atoms with van der Waals surface area (Å²) in [5.41, 5.74) is 0. The van der Waals surface area contributed by atoms with E-state index in [9.17, 15) is 0 Å². The molecule has 0 aromatic heterocycles. The molecule has 0 rings (SSSR count). The van der Waals surface area contributed by atoms with Crippen LogP contribution in [0, 0.1) is 11.8 Å². The molecule has 1 nitrogen and oxygen atoms in total. The zero-order valence-electron chi connectivity index (χ0n) is 7.93. The fraction of sp³-hybridized carbons (Fsp3) is 0.800. The van der Waals surface area contributed by atoms with Crippen LogP contribution in [0.1, 0.15) is 40.0 Å². The summed E-state index contributed by atoms with van der Waals surface area (Å²) in [7, 11) is 0. The van der Waals surface area contributed by atoms with Gasteiger partial charge in [-0.15, -0.1) is 0 Å². The molecule has 11 heavy (non-hydrogen) atoms. The average molecular weight is 156 g/mol. The van der Waals surface area contributed by atoms with Crippen molar-refractivity contribution in [1.29, 1.82) is 0 Å². The van der Waals surface area contributed by atoms with E-state index in [1.165, 1.54) is 12.8 Å². The number of rotatable bonds is 5. The van der Waals surface area contributed by atoms with Gasteiger partial charge in [-0.1, -0.05) is 40.2 Å². The Balaban J connectivity index is 3.31. The van der Waals surface area contributed by atoms with Gasteiger partial charge in [0.1, 0.15) is 0 Å². The van der Waals surface area contributed by atoms with Crippen LogP contribution < -0.4 is 0 Å². The second kappa shape index (κ2) is 5.22. The third kappa shape index (κ3) is 5.96. The van der Waals surface area contributed by atoms with Crippen molar-refractivity contribution in [2.24, 2.45) is 11.8 Å². The molecule has 0 aliphatic heterocycles. The van der Waals surface area contributed by atoms with Gasteiger partial charge < -0.3 is 5.11 Å². The molecule has 0 fully saturated rings. The van der Waals surface area contributed by atoms with Crippen molar-refractivity contribution < 1.29 is 5.11 Å². The summed E-state index contributed by atoms with van der Waals surface area (Å²) in [5, 5.41) is 8.99. The molecule has 0 amide bonds. The first kappa shape index (κ1) is 10.5. The van der Waals surface area contributed by atoms with Gasteiger partial charge in [-0.25, -0.2) is 0 Å². The summed E-state index contributed by atoms with van der Waals surface area (Å²) in [6.45, 7) is 9.97. The monoisotopic (exact) mass is 156 g/mol. The van der Waals surface area contributed by atoms with Gasteiger partial charge in [0.2, 0.25) is 0 Å². The molecule has 0 aliphatic carbocycles. The molecule has 1 unspecified atom stereocenters. The number of hydrogen-bond donors (Lipinski definition) is 1. The van der Waals surface area contributed by atoms with Crippen LogP contribution >= 0.6 is 0 Å². The predicted molar refractivity (Wildman–Crippen MR) is 49.6 cm³/mol. The lowest BCUT2D eigenvalue weighted by Gasteiger charge is -2.09. The smallest absolute Gasteiger partial charge is 0.0879 e. The maximum Gasteiger partial charge on any atom is 0.0879 e. The largest absolute Gasteiger partial charge is 0.513 e. The molecular formula is C10H20O. The van der Waals surface area contributed by atoms with E-state index in [0.29, 0.717) is 5.76 Å². The third-order valence-electron chi connectivity index (χ3n) is 1.99. The molecule has 0 aromatic rings. The molecule has 0 aromatic carbocycles. The lowest BCUT2D eigenvalue weighted by molar-refractivity contribution is 0.325. The Morgan fingerprint density at radius 2 is 1.82 bits per heavy atom. The van der Waals surface area contributed by atoms with Crippen molar-refractivity contribution >= 4 is 0 Å². The van der Waals surface area contributed by atoms with Gasteiger partial charge in [0, 0.05) is 5.92 Å². The minimum absolute atomic E-state index is 0.272. The van der Waals surface area contributed by atoms with E-state index in [-0.39, 0.29) is 5.92 Å². The highest BCUT2D eigenvalue weighted by Gasteiger charge is 2.04. The first-order valence-corrected chi connectivity index (χ1v) is 4.41. The molecular weight excluding hydrogens is 136 g/mol. The first-order chi connectivity index (χ1) is 5.04. The fourth-order valence-electron chi connectivity index (χ4n) is 0.999. The van der Waals surface area contributed by atoms with E-state index in [0.717, 1.165) is 12.3 Å². The van der Waals surface area contributed by atoms with Gasteiger partial charge in [-0.05, 0) is 12.3 Å². The number of hydrogen-bond acceptors (Lipinski definition) is 1. The van der Waals surface area contributed by atoms with Crippen molar-refractivity contribution in [1.82, 2.24) is 0 Å². The van der Waals surface area contributed by atoms with Crippen LogP contribution in [0.25, 0.3) is 0 Å². The topological polar surface area (TPSA) is 20.2 Å². The Morgan fingerprint density at radius 3 is 2.18 bits per heavy atom. The summed E-state index contributed by atoms with van der Waals surface area (Å²) in [6, 6.07) is 0. The average Bonchev–Trinajstić information content (AvgIpc) is 1.86. The maximum absolute atomic E-state index is 8.99. The molecule has 0 saturated carbocycles. The van der Waals surface area contributed by atoms with E-state index in [1.807, 2.05) is 6.92 Å². The molecule has 1 heteroatoms. The first-order valence-electron chi connectivity index (χ1n) is 4.41. The van der Waals surface area contributed by atoms with Crippen LogP contribution in [0.15, 0.2) is 12.3 Å². The van der Waals surface area contributed by atoms with Gasteiger partial charge >= 0.3 is 0 Å². The van der Waals surface area contributed by atoms with Crippen LogP contribution in [-0.2, 0) is 0 Å². The van der Waals surface area contributed by atoms with Gasteiger partial charge in [-0.3, -0.25) is 0 Å². The number of aliphatic hydroxyl groups is 1. The minimum atomic E-state index is 0.272. The van der Waals surface area contributed by atoms with Crippen molar-refractivity contribution in [2.75, 3.05) is 0 Å². The van der Waals surface area contributed by atoms with Gasteiger partial charge in [0.25, 0.3) is 0 Å². The summed E-state index contributed by atoms with van der Waals surface area (Å²) in [6.07, 6.45) is 3.50. The van der Waals surface area contributed by atoms with Crippen LogP contribution in [0.4, 0.5) is 0 Å². The summed E-state index contributed by atoms with van der Waals surface area (Å²) in [4.78, 5) is 0. The molecule has 1 atom stereocenters. The number of allylic oxidation sites excluding steroid dienone is 1. The van der Waals surface area contributed by atoms with Crippen LogP contribution in [0.2, 0.25) is 0 Å². The minimum Gasteiger partial charge on any atom is -0.513 e. The second-order valence-corrected chi connectivity index (χ2v) is 3.72. The fourth-order valence-corrected chi connectivity index (χ4v) is 0.999. The SMILES string of the molecule is C=C(O)C(C)CCCC(C)C. The summed E-state index contributed by atoms with van der Waals surface area (Å²) < 4.78 is 0. The van der Waals surface area contributed by atoms with E-state index >= 15 is 0 Å². The van der Waals surface area contributed by atoms with E-state index in [4.69, 9.17) is 5.11 Å². The highest BCUT2D eigenvalue weighted by molar-refractivity contribution is 4.85. The molecule has 0 radical (unpaired) electrons.